The largest absolute Gasteiger partial charge is 0.378 e. The van der Waals surface area contributed by atoms with Crippen molar-refractivity contribution in [2.45, 2.75) is 20.8 Å². The number of rotatable bonds is 0. The lowest BCUT2D eigenvalue weighted by molar-refractivity contribution is -0.132. The maximum Gasteiger partial charge on any atom is 0.219 e. The summed E-state index contributed by atoms with van der Waals surface area (Å²) in [6, 6.07) is 0. The van der Waals surface area contributed by atoms with Crippen LogP contribution in [0.1, 0.15) is 20.8 Å². The Bertz CT molecular complexity index is 114. The summed E-state index contributed by atoms with van der Waals surface area (Å²) >= 11 is 3.53. The quantitative estimate of drug-likeness (QED) is 0.609. The molecular weight excluding hydrogens is 186 g/mol. The molecule has 0 bridgehead atoms. The lowest BCUT2D eigenvalue weighted by atomic mass is 10.4. The third-order valence-electron chi connectivity index (χ3n) is 1.46. The zero-order valence-electron chi connectivity index (χ0n) is 9.04. The van der Waals surface area contributed by atoms with Crippen molar-refractivity contribution in [2.24, 2.45) is 0 Å². The molecule has 4 heteroatoms. The van der Waals surface area contributed by atoms with Gasteiger partial charge in [-0.05, 0) is 6.26 Å². The molecule has 1 aliphatic heterocycles. The van der Waals surface area contributed by atoms with Gasteiger partial charge < -0.3 is 9.64 Å². The molecule has 1 amide bonds. The first-order valence-corrected chi connectivity index (χ1v) is 5.48. The normalized spacial score (nSPS) is 14.7. The van der Waals surface area contributed by atoms with Gasteiger partial charge in [0.05, 0.1) is 13.2 Å². The zero-order valence-corrected chi connectivity index (χ0v) is 9.93. The molecule has 0 aromatic rings. The first-order valence-electron chi connectivity index (χ1n) is 4.58. The van der Waals surface area contributed by atoms with E-state index in [1.54, 1.807) is 18.1 Å². The molecular formula is C9H21NO2S. The molecule has 0 atom stereocenters. The van der Waals surface area contributed by atoms with Crippen LogP contribution in [-0.4, -0.2) is 43.4 Å². The smallest absolute Gasteiger partial charge is 0.219 e. The Hall–Kier alpha value is -0.220. The number of hydrogen-bond donors (Lipinski definition) is 1. The van der Waals surface area contributed by atoms with Gasteiger partial charge in [-0.2, -0.15) is 12.6 Å². The molecule has 1 aliphatic rings. The van der Waals surface area contributed by atoms with Gasteiger partial charge in [0.1, 0.15) is 0 Å². The molecule has 0 unspecified atom stereocenters. The molecule has 13 heavy (non-hydrogen) atoms. The van der Waals surface area contributed by atoms with Gasteiger partial charge >= 0.3 is 0 Å². The number of thiol groups is 1. The summed E-state index contributed by atoms with van der Waals surface area (Å²) in [6.07, 6.45) is 1.69. The van der Waals surface area contributed by atoms with E-state index in [4.69, 9.17) is 4.74 Å². The molecule has 0 radical (unpaired) electrons. The number of hydrogen-bond acceptors (Lipinski definition) is 3. The van der Waals surface area contributed by atoms with Gasteiger partial charge in [-0.1, -0.05) is 13.8 Å². The third kappa shape index (κ3) is 8.12. The highest BCUT2D eigenvalue weighted by Gasteiger charge is 2.11. The van der Waals surface area contributed by atoms with E-state index in [2.05, 4.69) is 12.6 Å². The zero-order chi connectivity index (χ0) is 10.7. The minimum atomic E-state index is 0.151. The van der Waals surface area contributed by atoms with Crippen molar-refractivity contribution >= 4 is 18.5 Å². The lowest BCUT2D eigenvalue weighted by Crippen LogP contribution is -2.39. The second kappa shape index (κ2) is 11.8. The third-order valence-corrected chi connectivity index (χ3v) is 1.46. The maximum absolute atomic E-state index is 10.7. The minimum Gasteiger partial charge on any atom is -0.378 e. The Balaban J connectivity index is 0. The van der Waals surface area contributed by atoms with Crippen molar-refractivity contribution < 1.29 is 9.53 Å². The Morgan fingerprint density at radius 1 is 1.23 bits per heavy atom. The van der Waals surface area contributed by atoms with Gasteiger partial charge in [0.25, 0.3) is 0 Å². The van der Waals surface area contributed by atoms with E-state index >= 15 is 0 Å². The first-order chi connectivity index (χ1) is 6.30. The predicted octanol–water partition coefficient (Wildman–Crippen LogP) is 1.44. The van der Waals surface area contributed by atoms with E-state index in [1.165, 1.54) is 0 Å². The van der Waals surface area contributed by atoms with Gasteiger partial charge in [0, 0.05) is 20.0 Å². The first kappa shape index (κ1) is 15.3. The summed E-state index contributed by atoms with van der Waals surface area (Å²) in [5.41, 5.74) is 0. The van der Waals surface area contributed by atoms with Crippen molar-refractivity contribution in [3.05, 3.63) is 0 Å². The van der Waals surface area contributed by atoms with Crippen molar-refractivity contribution in [3.8, 4) is 0 Å². The highest BCUT2D eigenvalue weighted by atomic mass is 32.1. The SMILES string of the molecule is CC.CC(=O)N1CCOCC1.CS. The molecule has 0 aromatic heterocycles. The van der Waals surface area contributed by atoms with E-state index < -0.39 is 0 Å². The topological polar surface area (TPSA) is 29.5 Å². The fourth-order valence-electron chi connectivity index (χ4n) is 0.878. The Morgan fingerprint density at radius 2 is 1.62 bits per heavy atom. The van der Waals surface area contributed by atoms with Gasteiger partial charge in [-0.25, -0.2) is 0 Å². The van der Waals surface area contributed by atoms with Crippen LogP contribution < -0.4 is 0 Å². The van der Waals surface area contributed by atoms with Crippen LogP contribution in [0, 0.1) is 0 Å². The number of ether oxygens (including phenoxy) is 1. The molecule has 0 aliphatic carbocycles. The number of nitrogens with zero attached hydrogens (tertiary/aromatic N) is 1. The van der Waals surface area contributed by atoms with Crippen LogP contribution in [0.2, 0.25) is 0 Å². The van der Waals surface area contributed by atoms with Crippen LogP contribution >= 0.6 is 12.6 Å². The van der Waals surface area contributed by atoms with Crippen molar-refractivity contribution in [1.29, 1.82) is 0 Å². The van der Waals surface area contributed by atoms with Crippen molar-refractivity contribution in [1.82, 2.24) is 4.90 Å². The number of carbonyl (C=O) groups excluding carboxylic acids is 1. The average Bonchev–Trinajstić information content (AvgIpc) is 2.25. The van der Waals surface area contributed by atoms with E-state index in [-0.39, 0.29) is 5.91 Å². The minimum absolute atomic E-state index is 0.151. The summed E-state index contributed by atoms with van der Waals surface area (Å²) in [6.45, 7) is 8.50. The molecule has 0 aromatic carbocycles. The molecule has 0 spiro atoms. The Morgan fingerprint density at radius 3 is 1.85 bits per heavy atom. The molecule has 80 valence electrons. The summed E-state index contributed by atoms with van der Waals surface area (Å²) in [5.74, 6) is 0.151. The summed E-state index contributed by atoms with van der Waals surface area (Å²) < 4.78 is 5.06. The fraction of sp³-hybridized carbons (Fsp3) is 0.889. The number of amides is 1. The summed E-state index contributed by atoms with van der Waals surface area (Å²) in [7, 11) is 0. The lowest BCUT2D eigenvalue weighted by Gasteiger charge is -2.25. The van der Waals surface area contributed by atoms with Gasteiger partial charge in [0.2, 0.25) is 5.91 Å². The number of morpholine rings is 1. The molecule has 1 fully saturated rings. The highest BCUT2D eigenvalue weighted by Crippen LogP contribution is 1.95. The maximum atomic E-state index is 10.7. The van der Waals surface area contributed by atoms with Gasteiger partial charge in [-0.3, -0.25) is 4.79 Å². The molecule has 0 N–H and O–H groups in total. The van der Waals surface area contributed by atoms with E-state index in [1.807, 2.05) is 13.8 Å². The monoisotopic (exact) mass is 207 g/mol. The van der Waals surface area contributed by atoms with Crippen LogP contribution in [-0.2, 0) is 9.53 Å². The second-order valence-corrected chi connectivity index (χ2v) is 2.12. The van der Waals surface area contributed by atoms with Crippen molar-refractivity contribution in [3.63, 3.8) is 0 Å². The van der Waals surface area contributed by atoms with Crippen molar-refractivity contribution in [2.75, 3.05) is 32.6 Å². The van der Waals surface area contributed by atoms with Crippen LogP contribution in [0.5, 0.6) is 0 Å². The van der Waals surface area contributed by atoms with Crippen LogP contribution in [0.15, 0.2) is 0 Å². The van der Waals surface area contributed by atoms with E-state index in [0.29, 0.717) is 13.2 Å². The van der Waals surface area contributed by atoms with Crippen LogP contribution in [0.3, 0.4) is 0 Å². The molecule has 3 nitrogen and oxygen atoms in total. The van der Waals surface area contributed by atoms with Crippen LogP contribution in [0.25, 0.3) is 0 Å². The predicted molar refractivity (Wildman–Crippen MR) is 59.3 cm³/mol. The summed E-state index contributed by atoms with van der Waals surface area (Å²) in [4.78, 5) is 12.5. The molecule has 1 heterocycles. The second-order valence-electron chi connectivity index (χ2n) is 2.12. The average molecular weight is 207 g/mol. The van der Waals surface area contributed by atoms with Crippen LogP contribution in [0.4, 0.5) is 0 Å². The highest BCUT2D eigenvalue weighted by molar-refractivity contribution is 7.79. The molecule has 1 rings (SSSR count). The van der Waals surface area contributed by atoms with E-state index in [0.717, 1.165) is 13.1 Å². The van der Waals surface area contributed by atoms with E-state index in [9.17, 15) is 4.79 Å². The van der Waals surface area contributed by atoms with Gasteiger partial charge in [0.15, 0.2) is 0 Å². The number of carbonyl (C=O) groups is 1. The summed E-state index contributed by atoms with van der Waals surface area (Å²) in [5, 5.41) is 0. The molecule has 0 saturated carbocycles. The molecule has 1 saturated heterocycles. The fourth-order valence-corrected chi connectivity index (χ4v) is 0.878. The Kier molecular flexibility index (Phi) is 13.8. The van der Waals surface area contributed by atoms with Gasteiger partial charge in [-0.15, -0.1) is 0 Å². The standard InChI is InChI=1S/C6H11NO2.C2H6.CH4S/c1-6(8)7-2-4-9-5-3-7;2*1-2/h2-5H2,1H3;1-2H3;2H,1H3. The Labute approximate surface area is 86.9 Å².